The van der Waals surface area contributed by atoms with Crippen molar-refractivity contribution in [2.24, 2.45) is 29.1 Å². The van der Waals surface area contributed by atoms with Crippen LogP contribution in [0.15, 0.2) is 46.6 Å². The maximum Gasteiger partial charge on any atom is 0.00431 e. The number of hydrogen-bond donors (Lipinski definition) is 0. The molecule has 2 unspecified atom stereocenters. The molecule has 0 heteroatoms. The lowest BCUT2D eigenvalue weighted by Crippen LogP contribution is -2.30. The van der Waals surface area contributed by atoms with Gasteiger partial charge >= 0.3 is 0 Å². The van der Waals surface area contributed by atoms with Crippen LogP contribution >= 0.6 is 0 Å². The molecule has 2 aliphatic carbocycles. The minimum Gasteiger partial charge on any atom is -0.0733 e. The van der Waals surface area contributed by atoms with Crippen LogP contribution in [0.5, 0.6) is 0 Å². The van der Waals surface area contributed by atoms with Crippen LogP contribution in [0.2, 0.25) is 0 Å². The molecule has 116 valence electrons. The van der Waals surface area contributed by atoms with Crippen molar-refractivity contribution in [3.8, 4) is 0 Å². The first-order chi connectivity index (χ1) is 9.64. The van der Waals surface area contributed by atoms with Gasteiger partial charge in [-0.05, 0) is 42.2 Å². The summed E-state index contributed by atoms with van der Waals surface area (Å²) in [6, 6.07) is 0. The van der Waals surface area contributed by atoms with Crippen LogP contribution in [0, 0.1) is 29.1 Å². The summed E-state index contributed by atoms with van der Waals surface area (Å²) in [6.07, 6.45) is 9.87. The second kappa shape index (κ2) is 5.63. The standard InChI is InChI=1S/C21H32/c1-13(2)17-9-15(5)19(11-17)21(7,8)20-12-18(14(3)4)10-16(20)6/h9-14,19-20H,1-8H3. The summed E-state index contributed by atoms with van der Waals surface area (Å²) in [6.45, 7) is 18.7. The molecule has 0 N–H and O–H groups in total. The largest absolute Gasteiger partial charge is 0.0733 e. The van der Waals surface area contributed by atoms with E-state index in [-0.39, 0.29) is 5.41 Å². The van der Waals surface area contributed by atoms with Crippen molar-refractivity contribution in [1.29, 1.82) is 0 Å². The monoisotopic (exact) mass is 284 g/mol. The molecule has 21 heavy (non-hydrogen) atoms. The molecule has 2 rings (SSSR count). The van der Waals surface area contributed by atoms with E-state index in [0.29, 0.717) is 23.7 Å². The Morgan fingerprint density at radius 1 is 0.762 bits per heavy atom. The van der Waals surface area contributed by atoms with Crippen molar-refractivity contribution in [3.63, 3.8) is 0 Å². The van der Waals surface area contributed by atoms with Gasteiger partial charge in [-0.15, -0.1) is 0 Å². The lowest BCUT2D eigenvalue weighted by Gasteiger charge is -2.38. The van der Waals surface area contributed by atoms with Crippen LogP contribution in [0.1, 0.15) is 55.4 Å². The molecule has 2 aliphatic rings. The fourth-order valence-electron chi connectivity index (χ4n) is 3.96. The summed E-state index contributed by atoms with van der Waals surface area (Å²) < 4.78 is 0. The second-order valence-electron chi connectivity index (χ2n) is 8.20. The van der Waals surface area contributed by atoms with Crippen LogP contribution in [0.25, 0.3) is 0 Å². The average molecular weight is 284 g/mol. The molecule has 0 aromatic carbocycles. The van der Waals surface area contributed by atoms with Gasteiger partial charge in [0.25, 0.3) is 0 Å². The maximum atomic E-state index is 2.52. The van der Waals surface area contributed by atoms with Gasteiger partial charge in [-0.25, -0.2) is 0 Å². The van der Waals surface area contributed by atoms with Gasteiger partial charge in [-0.3, -0.25) is 0 Å². The van der Waals surface area contributed by atoms with Gasteiger partial charge in [-0.1, -0.05) is 77.0 Å². The Hall–Kier alpha value is -1.04. The molecule has 0 radical (unpaired) electrons. The molecule has 0 saturated carbocycles. The summed E-state index contributed by atoms with van der Waals surface area (Å²) in [7, 11) is 0. The van der Waals surface area contributed by atoms with Gasteiger partial charge in [-0.2, -0.15) is 0 Å². The summed E-state index contributed by atoms with van der Waals surface area (Å²) in [5.74, 6) is 2.38. The first-order valence-electron chi connectivity index (χ1n) is 8.44. The Labute approximate surface area is 131 Å². The highest BCUT2D eigenvalue weighted by molar-refractivity contribution is 5.42. The predicted molar refractivity (Wildman–Crippen MR) is 94.1 cm³/mol. The quantitative estimate of drug-likeness (QED) is 0.566. The van der Waals surface area contributed by atoms with Crippen molar-refractivity contribution < 1.29 is 0 Å². The van der Waals surface area contributed by atoms with E-state index in [4.69, 9.17) is 0 Å². The number of rotatable bonds is 4. The van der Waals surface area contributed by atoms with E-state index >= 15 is 0 Å². The highest BCUT2D eigenvalue weighted by Gasteiger charge is 2.40. The highest BCUT2D eigenvalue weighted by atomic mass is 14.4. The fourth-order valence-corrected chi connectivity index (χ4v) is 3.96. The third-order valence-electron chi connectivity index (χ3n) is 5.42. The highest BCUT2D eigenvalue weighted by Crippen LogP contribution is 2.49. The topological polar surface area (TPSA) is 0 Å². The summed E-state index contributed by atoms with van der Waals surface area (Å²) in [5.41, 5.74) is 6.33. The molecule has 0 bridgehead atoms. The van der Waals surface area contributed by atoms with E-state index in [0.717, 1.165) is 0 Å². The van der Waals surface area contributed by atoms with E-state index in [1.165, 1.54) is 22.3 Å². The van der Waals surface area contributed by atoms with Gasteiger partial charge in [0.2, 0.25) is 0 Å². The fraction of sp³-hybridized carbons (Fsp3) is 0.619. The van der Waals surface area contributed by atoms with Gasteiger partial charge in [0.05, 0.1) is 0 Å². The minimum atomic E-state index is 0.244. The van der Waals surface area contributed by atoms with E-state index < -0.39 is 0 Å². The molecule has 0 fully saturated rings. The van der Waals surface area contributed by atoms with Crippen LogP contribution < -0.4 is 0 Å². The third-order valence-corrected chi connectivity index (χ3v) is 5.42. The van der Waals surface area contributed by atoms with Crippen molar-refractivity contribution in [2.75, 3.05) is 0 Å². The predicted octanol–water partition coefficient (Wildman–Crippen LogP) is 6.33. The second-order valence-corrected chi connectivity index (χ2v) is 8.20. The SMILES string of the molecule is CC1=CC(C(C)C)=CC1C(C)(C)C1C=C(C(C)C)C=C1C. The Bertz CT molecular complexity index is 484. The summed E-state index contributed by atoms with van der Waals surface area (Å²) >= 11 is 0. The van der Waals surface area contributed by atoms with Crippen molar-refractivity contribution in [1.82, 2.24) is 0 Å². The van der Waals surface area contributed by atoms with Crippen molar-refractivity contribution in [3.05, 3.63) is 46.6 Å². The molecule has 0 aromatic heterocycles. The van der Waals surface area contributed by atoms with Crippen molar-refractivity contribution >= 4 is 0 Å². The zero-order valence-corrected chi connectivity index (χ0v) is 15.1. The Morgan fingerprint density at radius 2 is 1.10 bits per heavy atom. The van der Waals surface area contributed by atoms with E-state index in [1.807, 2.05) is 0 Å². The summed E-state index contributed by atoms with van der Waals surface area (Å²) in [4.78, 5) is 0. The van der Waals surface area contributed by atoms with E-state index in [9.17, 15) is 0 Å². The minimum absolute atomic E-state index is 0.244. The lowest BCUT2D eigenvalue weighted by molar-refractivity contribution is 0.234. The molecule has 0 aromatic rings. The van der Waals surface area contributed by atoms with Crippen LogP contribution in [0.3, 0.4) is 0 Å². The summed E-state index contributed by atoms with van der Waals surface area (Å²) in [5, 5.41) is 0. The Morgan fingerprint density at radius 3 is 1.33 bits per heavy atom. The molecular formula is C21H32. The molecular weight excluding hydrogens is 252 g/mol. The lowest BCUT2D eigenvalue weighted by atomic mass is 9.66. The van der Waals surface area contributed by atoms with Crippen molar-refractivity contribution in [2.45, 2.75) is 55.4 Å². The normalized spacial score (nSPS) is 26.2. The average Bonchev–Trinajstić information content (AvgIpc) is 2.93. The third kappa shape index (κ3) is 2.96. The number of allylic oxidation sites excluding steroid dienone is 8. The van der Waals surface area contributed by atoms with Gasteiger partial charge in [0, 0.05) is 11.8 Å². The first kappa shape index (κ1) is 16.3. The van der Waals surface area contributed by atoms with Crippen LogP contribution in [-0.2, 0) is 0 Å². The van der Waals surface area contributed by atoms with Gasteiger partial charge < -0.3 is 0 Å². The zero-order valence-electron chi connectivity index (χ0n) is 15.1. The molecule has 0 spiro atoms. The Kier molecular flexibility index (Phi) is 4.38. The molecule has 0 amide bonds. The number of hydrogen-bond acceptors (Lipinski definition) is 0. The Balaban J connectivity index is 2.32. The first-order valence-corrected chi connectivity index (χ1v) is 8.44. The molecule has 0 saturated heterocycles. The zero-order chi connectivity index (χ0) is 15.9. The van der Waals surface area contributed by atoms with Gasteiger partial charge in [0.1, 0.15) is 0 Å². The van der Waals surface area contributed by atoms with Crippen LogP contribution in [0.4, 0.5) is 0 Å². The molecule has 0 nitrogen and oxygen atoms in total. The molecule has 0 aliphatic heterocycles. The molecule has 0 heterocycles. The van der Waals surface area contributed by atoms with Crippen LogP contribution in [-0.4, -0.2) is 0 Å². The van der Waals surface area contributed by atoms with Gasteiger partial charge in [0.15, 0.2) is 0 Å². The smallest absolute Gasteiger partial charge is 0.00431 e. The van der Waals surface area contributed by atoms with E-state index in [1.54, 1.807) is 0 Å². The van der Waals surface area contributed by atoms with E-state index in [2.05, 4.69) is 79.7 Å². The maximum absolute atomic E-state index is 2.52. The molecule has 2 atom stereocenters.